The predicted octanol–water partition coefficient (Wildman–Crippen LogP) is 3.98. The van der Waals surface area contributed by atoms with E-state index in [1.807, 2.05) is 19.9 Å². The summed E-state index contributed by atoms with van der Waals surface area (Å²) in [6.45, 7) is 3.78. The Kier molecular flexibility index (Phi) is 5.83. The highest BCUT2D eigenvalue weighted by molar-refractivity contribution is 6.31. The number of halogens is 2. The highest BCUT2D eigenvalue weighted by atomic mass is 35.5. The van der Waals surface area contributed by atoms with Crippen molar-refractivity contribution < 1.29 is 4.39 Å². The van der Waals surface area contributed by atoms with E-state index >= 15 is 0 Å². The number of imidazole rings is 1. The van der Waals surface area contributed by atoms with Gasteiger partial charge in [-0.05, 0) is 36.8 Å². The number of hydrogen-bond acceptors (Lipinski definition) is 6. The number of aromatic nitrogens is 6. The number of rotatable bonds is 2. The Labute approximate surface area is 186 Å². The third kappa shape index (κ3) is 3.90. The number of fused-ring (bicyclic) bond motifs is 2. The molecule has 0 atom stereocenters. The minimum atomic E-state index is -0.565. The van der Waals surface area contributed by atoms with Gasteiger partial charge in [0.2, 0.25) is 0 Å². The quantitative estimate of drug-likeness (QED) is 0.419. The first kappa shape index (κ1) is 21.4. The maximum Gasteiger partial charge on any atom is 0.268 e. The summed E-state index contributed by atoms with van der Waals surface area (Å²) in [5.74, 6) is 0.440. The maximum atomic E-state index is 14.0. The smallest absolute Gasteiger partial charge is 0.268 e. The molecule has 5 rings (SSSR count). The number of H-pyrrole nitrogens is 1. The topological polar surface area (TPSA) is 115 Å². The molecule has 0 aliphatic carbocycles. The van der Waals surface area contributed by atoms with E-state index in [-0.39, 0.29) is 5.39 Å². The molecule has 3 N–H and O–H groups in total. The molecule has 0 aliphatic heterocycles. The van der Waals surface area contributed by atoms with Gasteiger partial charge in [0.05, 0.1) is 17.5 Å². The van der Waals surface area contributed by atoms with Crippen LogP contribution < -0.4 is 11.3 Å². The second-order valence-electron chi connectivity index (χ2n) is 6.95. The van der Waals surface area contributed by atoms with Gasteiger partial charge < -0.3 is 10.7 Å². The zero-order chi connectivity index (χ0) is 22.8. The fourth-order valence-corrected chi connectivity index (χ4v) is 3.42. The summed E-state index contributed by atoms with van der Waals surface area (Å²) in [5.41, 5.74) is 8.24. The van der Waals surface area contributed by atoms with Crippen molar-refractivity contribution in [3.05, 3.63) is 81.6 Å². The van der Waals surface area contributed by atoms with E-state index in [2.05, 4.69) is 24.9 Å². The first-order valence-electron chi connectivity index (χ1n) is 9.77. The summed E-state index contributed by atoms with van der Waals surface area (Å²) < 4.78 is 15.5. The number of nitrogens with two attached hydrogens (primary N) is 1. The van der Waals surface area contributed by atoms with Crippen molar-refractivity contribution in [3.8, 4) is 5.69 Å². The Balaban J connectivity index is 0.000000203. The van der Waals surface area contributed by atoms with Crippen LogP contribution in [0.25, 0.3) is 27.8 Å². The minimum absolute atomic E-state index is 0.00334. The third-order valence-electron chi connectivity index (χ3n) is 4.90. The van der Waals surface area contributed by atoms with Gasteiger partial charge in [-0.1, -0.05) is 30.7 Å². The summed E-state index contributed by atoms with van der Waals surface area (Å²) in [7, 11) is 0. The van der Waals surface area contributed by atoms with Crippen molar-refractivity contribution in [2.75, 3.05) is 5.73 Å². The molecule has 3 heterocycles. The lowest BCUT2D eigenvalue weighted by molar-refractivity contribution is 0.636. The maximum absolute atomic E-state index is 14.0. The van der Waals surface area contributed by atoms with Crippen LogP contribution in [0.15, 0.2) is 53.8 Å². The number of nitrogen functional groups attached to an aromatic ring is 1. The van der Waals surface area contributed by atoms with E-state index in [9.17, 15) is 9.18 Å². The highest BCUT2D eigenvalue weighted by Gasteiger charge is 2.15. The average molecular weight is 452 g/mol. The summed E-state index contributed by atoms with van der Waals surface area (Å²) in [6, 6.07) is 9.78. The van der Waals surface area contributed by atoms with Crippen LogP contribution in [0.1, 0.15) is 18.3 Å². The molecule has 0 amide bonds. The molecule has 0 aliphatic rings. The van der Waals surface area contributed by atoms with E-state index in [0.717, 1.165) is 5.56 Å². The monoisotopic (exact) mass is 451 g/mol. The number of aryl methyl sites for hydroxylation is 2. The predicted molar refractivity (Wildman–Crippen MR) is 123 cm³/mol. The lowest BCUT2D eigenvalue weighted by Gasteiger charge is -2.13. The van der Waals surface area contributed by atoms with E-state index in [4.69, 9.17) is 17.3 Å². The van der Waals surface area contributed by atoms with Crippen LogP contribution in [0.3, 0.4) is 0 Å². The average Bonchev–Trinajstić information content (AvgIpc) is 3.26. The molecule has 10 heteroatoms. The van der Waals surface area contributed by atoms with Gasteiger partial charge in [0.1, 0.15) is 28.9 Å². The molecule has 162 valence electrons. The molecule has 0 radical (unpaired) electrons. The summed E-state index contributed by atoms with van der Waals surface area (Å²) in [6.07, 6.45) is 3.47. The number of aromatic amines is 1. The Hall–Kier alpha value is -3.85. The van der Waals surface area contributed by atoms with E-state index in [1.54, 1.807) is 24.3 Å². The summed E-state index contributed by atoms with van der Waals surface area (Å²) >= 11 is 6.15. The van der Waals surface area contributed by atoms with Gasteiger partial charge in [0, 0.05) is 11.4 Å². The molecule has 0 fully saturated rings. The molecule has 8 nitrogen and oxygen atoms in total. The lowest BCUT2D eigenvalue weighted by atomic mass is 10.2. The highest BCUT2D eigenvalue weighted by Crippen LogP contribution is 2.21. The first-order valence-corrected chi connectivity index (χ1v) is 10.1. The molecule has 5 aromatic rings. The largest absolute Gasteiger partial charge is 0.382 e. The Bertz CT molecular complexity index is 1500. The zero-order valence-electron chi connectivity index (χ0n) is 17.3. The number of anilines is 1. The lowest BCUT2D eigenvalue weighted by Crippen LogP contribution is -2.24. The van der Waals surface area contributed by atoms with Crippen molar-refractivity contribution >= 4 is 39.5 Å². The second-order valence-corrected chi connectivity index (χ2v) is 7.36. The van der Waals surface area contributed by atoms with Crippen LogP contribution in [0.5, 0.6) is 0 Å². The molecule has 0 saturated heterocycles. The Morgan fingerprint density at radius 2 is 2.00 bits per heavy atom. The molecule has 0 spiro atoms. The summed E-state index contributed by atoms with van der Waals surface area (Å²) in [4.78, 5) is 31.6. The van der Waals surface area contributed by atoms with Crippen LogP contribution >= 0.6 is 11.6 Å². The third-order valence-corrected chi connectivity index (χ3v) is 5.31. The molecule has 0 bridgehead atoms. The summed E-state index contributed by atoms with van der Waals surface area (Å²) in [5, 5.41) is 0.552. The number of nitrogens with zero attached hydrogens (tertiary/aromatic N) is 5. The fourth-order valence-electron chi connectivity index (χ4n) is 3.24. The van der Waals surface area contributed by atoms with Crippen molar-refractivity contribution in [2.24, 2.45) is 0 Å². The second kappa shape index (κ2) is 8.72. The van der Waals surface area contributed by atoms with Gasteiger partial charge in [-0.25, -0.2) is 24.3 Å². The first-order chi connectivity index (χ1) is 15.4. The minimum Gasteiger partial charge on any atom is -0.382 e. The van der Waals surface area contributed by atoms with Crippen molar-refractivity contribution in [2.45, 2.75) is 20.3 Å². The van der Waals surface area contributed by atoms with Crippen LogP contribution in [0.4, 0.5) is 10.2 Å². The van der Waals surface area contributed by atoms with Crippen LogP contribution in [0.2, 0.25) is 5.02 Å². The molecule has 32 heavy (non-hydrogen) atoms. The molecule has 2 aromatic carbocycles. The van der Waals surface area contributed by atoms with Gasteiger partial charge in [-0.3, -0.25) is 9.36 Å². The SMILES string of the molecule is CCc1nc2cccc(F)c2c(=O)n1-c1ccc(C)c(Cl)c1.Nc1ncnc2nc[nH]c12. The van der Waals surface area contributed by atoms with Crippen molar-refractivity contribution in [1.29, 1.82) is 0 Å². The van der Waals surface area contributed by atoms with Crippen LogP contribution in [-0.4, -0.2) is 29.5 Å². The molecular formula is C22H19ClFN7O. The van der Waals surface area contributed by atoms with Crippen molar-refractivity contribution in [3.63, 3.8) is 0 Å². The van der Waals surface area contributed by atoms with Crippen LogP contribution in [0, 0.1) is 12.7 Å². The van der Waals surface area contributed by atoms with Gasteiger partial charge in [-0.2, -0.15) is 0 Å². The Morgan fingerprint density at radius 1 is 1.19 bits per heavy atom. The van der Waals surface area contributed by atoms with E-state index in [0.29, 0.717) is 45.5 Å². The standard InChI is InChI=1S/C17H14ClFN2O.C5H5N5/c1-3-15-20-14-6-4-5-13(19)16(14)17(22)21(15)11-8-7-10(2)12(18)9-11;6-4-3-5(9-1-7-3)10-2-8-4/h4-9H,3H2,1-2H3;1-2H,(H3,6,7,8,9,10). The van der Waals surface area contributed by atoms with Crippen molar-refractivity contribution in [1.82, 2.24) is 29.5 Å². The molecule has 0 unspecified atom stereocenters. The van der Waals surface area contributed by atoms with E-state index < -0.39 is 11.4 Å². The number of benzene rings is 2. The number of nitrogens with one attached hydrogen (secondary N) is 1. The number of hydrogen-bond donors (Lipinski definition) is 2. The fraction of sp³-hybridized carbons (Fsp3) is 0.136. The van der Waals surface area contributed by atoms with Gasteiger partial charge in [0.15, 0.2) is 11.5 Å². The molecular weight excluding hydrogens is 433 g/mol. The zero-order valence-corrected chi connectivity index (χ0v) is 18.1. The van der Waals surface area contributed by atoms with Crippen LogP contribution in [-0.2, 0) is 6.42 Å². The molecule has 3 aromatic heterocycles. The van der Waals surface area contributed by atoms with Gasteiger partial charge in [0.25, 0.3) is 5.56 Å². The molecule has 0 saturated carbocycles. The Morgan fingerprint density at radius 3 is 2.72 bits per heavy atom. The van der Waals surface area contributed by atoms with E-state index in [1.165, 1.54) is 23.3 Å². The van der Waals surface area contributed by atoms with Gasteiger partial charge >= 0.3 is 0 Å². The normalized spacial score (nSPS) is 10.9. The van der Waals surface area contributed by atoms with Gasteiger partial charge in [-0.15, -0.1) is 0 Å².